The lowest BCUT2D eigenvalue weighted by molar-refractivity contribution is -0.130. The first-order valence-electron chi connectivity index (χ1n) is 9.34. The highest BCUT2D eigenvalue weighted by Gasteiger charge is 2.30. The molecule has 7 heteroatoms. The van der Waals surface area contributed by atoms with Crippen LogP contribution >= 0.6 is 22.9 Å². The molecule has 0 atom stereocenters. The molecule has 5 nitrogen and oxygen atoms in total. The molecule has 1 amide bonds. The van der Waals surface area contributed by atoms with Gasteiger partial charge in [0, 0.05) is 18.7 Å². The standard InChI is InChI=1S/C22H25ClN2O3S/c1-14-12-18-19(13-15(14)2)29-21(25(18)10-11-27-5)24-20(26)22(3,4)28-17-8-6-16(23)7-9-17/h6-9,12-13H,10-11H2,1-5H3. The van der Waals surface area contributed by atoms with Gasteiger partial charge in [0.1, 0.15) is 5.75 Å². The lowest BCUT2D eigenvalue weighted by Gasteiger charge is -2.22. The lowest BCUT2D eigenvalue weighted by atomic mass is 10.1. The van der Waals surface area contributed by atoms with Gasteiger partial charge in [-0.1, -0.05) is 22.9 Å². The molecule has 1 aromatic heterocycles. The van der Waals surface area contributed by atoms with E-state index in [1.54, 1.807) is 45.2 Å². The lowest BCUT2D eigenvalue weighted by Crippen LogP contribution is -2.38. The fourth-order valence-corrected chi connectivity index (χ4v) is 4.13. The molecule has 0 radical (unpaired) electrons. The Morgan fingerprint density at radius 3 is 2.48 bits per heavy atom. The minimum Gasteiger partial charge on any atom is -0.478 e. The zero-order valence-electron chi connectivity index (χ0n) is 17.3. The second kappa shape index (κ2) is 8.69. The maximum Gasteiger partial charge on any atom is 0.291 e. The van der Waals surface area contributed by atoms with Crippen LogP contribution in [-0.4, -0.2) is 29.8 Å². The number of thiazole rings is 1. The Bertz CT molecular complexity index is 1100. The minimum absolute atomic E-state index is 0.349. The number of aryl methyl sites for hydroxylation is 2. The molecule has 1 heterocycles. The average molecular weight is 433 g/mol. The molecule has 3 aromatic rings. The highest BCUT2D eigenvalue weighted by atomic mass is 35.5. The number of hydrogen-bond donors (Lipinski definition) is 0. The first-order chi connectivity index (χ1) is 13.7. The number of fused-ring (bicyclic) bond motifs is 1. The van der Waals surface area contributed by atoms with Gasteiger partial charge in [0.15, 0.2) is 10.4 Å². The van der Waals surface area contributed by atoms with Gasteiger partial charge < -0.3 is 14.0 Å². The van der Waals surface area contributed by atoms with Gasteiger partial charge in [-0.2, -0.15) is 4.99 Å². The van der Waals surface area contributed by atoms with Crippen molar-refractivity contribution in [3.05, 3.63) is 57.3 Å². The number of amides is 1. The SMILES string of the molecule is COCCn1c(=NC(=O)C(C)(C)Oc2ccc(Cl)cc2)sc2cc(C)c(C)cc21. The summed E-state index contributed by atoms with van der Waals surface area (Å²) in [7, 11) is 1.66. The van der Waals surface area contributed by atoms with E-state index in [0.717, 1.165) is 10.2 Å². The number of nitrogens with zero attached hydrogens (tertiary/aromatic N) is 2. The summed E-state index contributed by atoms with van der Waals surface area (Å²) in [5, 5.41) is 0.612. The van der Waals surface area contributed by atoms with E-state index in [2.05, 4.69) is 31.0 Å². The highest BCUT2D eigenvalue weighted by Crippen LogP contribution is 2.24. The molecule has 0 aliphatic heterocycles. The van der Waals surface area contributed by atoms with Crippen LogP contribution in [0.2, 0.25) is 5.02 Å². The van der Waals surface area contributed by atoms with Crippen LogP contribution in [0.3, 0.4) is 0 Å². The molecule has 0 N–H and O–H groups in total. The number of rotatable bonds is 6. The van der Waals surface area contributed by atoms with Gasteiger partial charge in [-0.25, -0.2) is 0 Å². The van der Waals surface area contributed by atoms with Crippen LogP contribution in [0.5, 0.6) is 5.75 Å². The van der Waals surface area contributed by atoms with Crippen molar-refractivity contribution in [3.8, 4) is 5.75 Å². The molecule has 0 aliphatic rings. The predicted octanol–water partition coefficient (Wildman–Crippen LogP) is 4.90. The summed E-state index contributed by atoms with van der Waals surface area (Å²) < 4.78 is 14.3. The largest absolute Gasteiger partial charge is 0.478 e. The van der Waals surface area contributed by atoms with E-state index in [1.165, 1.54) is 22.5 Å². The van der Waals surface area contributed by atoms with Crippen molar-refractivity contribution in [3.63, 3.8) is 0 Å². The Hall–Kier alpha value is -2.15. The third-order valence-corrected chi connectivity index (χ3v) is 6.01. The molecule has 29 heavy (non-hydrogen) atoms. The molecule has 0 spiro atoms. The van der Waals surface area contributed by atoms with Crippen LogP contribution in [0.15, 0.2) is 41.4 Å². The Balaban J connectivity index is 2.00. The van der Waals surface area contributed by atoms with Crippen LogP contribution in [0.25, 0.3) is 10.2 Å². The topological polar surface area (TPSA) is 52.8 Å². The van der Waals surface area contributed by atoms with E-state index in [0.29, 0.717) is 28.7 Å². The van der Waals surface area contributed by atoms with Gasteiger partial charge in [0.25, 0.3) is 5.91 Å². The number of ether oxygens (including phenoxy) is 2. The van der Waals surface area contributed by atoms with Crippen molar-refractivity contribution in [1.29, 1.82) is 0 Å². The molecule has 0 fully saturated rings. The Morgan fingerprint density at radius 1 is 1.17 bits per heavy atom. The second-order valence-electron chi connectivity index (χ2n) is 7.42. The van der Waals surface area contributed by atoms with Gasteiger partial charge in [-0.15, -0.1) is 0 Å². The zero-order chi connectivity index (χ0) is 21.2. The number of carbonyl (C=O) groups is 1. The smallest absolute Gasteiger partial charge is 0.291 e. The molecular formula is C22H25ClN2O3S. The van der Waals surface area contributed by atoms with E-state index in [1.807, 2.05) is 4.57 Å². The van der Waals surface area contributed by atoms with E-state index in [4.69, 9.17) is 21.1 Å². The molecule has 0 bridgehead atoms. The van der Waals surface area contributed by atoms with E-state index >= 15 is 0 Å². The molecule has 2 aromatic carbocycles. The van der Waals surface area contributed by atoms with Crippen LogP contribution < -0.4 is 9.54 Å². The highest BCUT2D eigenvalue weighted by molar-refractivity contribution is 7.16. The fourth-order valence-electron chi connectivity index (χ4n) is 2.87. The average Bonchev–Trinajstić information content (AvgIpc) is 2.98. The van der Waals surface area contributed by atoms with Gasteiger partial charge >= 0.3 is 0 Å². The quantitative estimate of drug-likeness (QED) is 0.556. The van der Waals surface area contributed by atoms with Crippen LogP contribution in [0.4, 0.5) is 0 Å². The van der Waals surface area contributed by atoms with E-state index in [9.17, 15) is 4.79 Å². The summed E-state index contributed by atoms with van der Waals surface area (Å²) in [5.41, 5.74) is 2.35. The van der Waals surface area contributed by atoms with Crippen LogP contribution in [0, 0.1) is 13.8 Å². The monoisotopic (exact) mass is 432 g/mol. The summed E-state index contributed by atoms with van der Waals surface area (Å²) in [6.07, 6.45) is 0. The summed E-state index contributed by atoms with van der Waals surface area (Å²) in [5.74, 6) is 0.219. The maximum absolute atomic E-state index is 13.0. The third-order valence-electron chi connectivity index (χ3n) is 4.72. The number of benzene rings is 2. The van der Waals surface area contributed by atoms with Crippen LogP contribution in [-0.2, 0) is 16.1 Å². The zero-order valence-corrected chi connectivity index (χ0v) is 18.9. The molecule has 0 saturated heterocycles. The number of carbonyl (C=O) groups excluding carboxylic acids is 1. The maximum atomic E-state index is 13.0. The summed E-state index contributed by atoms with van der Waals surface area (Å²) >= 11 is 7.42. The first-order valence-corrected chi connectivity index (χ1v) is 10.5. The molecular weight excluding hydrogens is 408 g/mol. The number of halogens is 1. The van der Waals surface area contributed by atoms with E-state index in [-0.39, 0.29) is 5.91 Å². The Morgan fingerprint density at radius 2 is 1.83 bits per heavy atom. The van der Waals surface area contributed by atoms with Crippen molar-refractivity contribution in [2.24, 2.45) is 4.99 Å². The summed E-state index contributed by atoms with van der Waals surface area (Å²) in [4.78, 5) is 18.1. The van der Waals surface area contributed by atoms with Crippen LogP contribution in [0.1, 0.15) is 25.0 Å². The molecule has 154 valence electrons. The second-order valence-corrected chi connectivity index (χ2v) is 8.86. The first kappa shape index (κ1) is 21.6. The fraction of sp³-hybridized carbons (Fsp3) is 0.364. The Kier molecular flexibility index (Phi) is 6.46. The Labute approximate surface area is 179 Å². The number of hydrogen-bond acceptors (Lipinski definition) is 4. The van der Waals surface area contributed by atoms with Gasteiger partial charge in [0.2, 0.25) is 0 Å². The van der Waals surface area contributed by atoms with Crippen molar-refractivity contribution in [2.45, 2.75) is 39.8 Å². The van der Waals surface area contributed by atoms with Gasteiger partial charge in [-0.3, -0.25) is 4.79 Å². The molecule has 3 rings (SSSR count). The third kappa shape index (κ3) is 4.89. The predicted molar refractivity (Wildman–Crippen MR) is 118 cm³/mol. The molecule has 0 unspecified atom stereocenters. The summed E-state index contributed by atoms with van der Waals surface area (Å²) in [6, 6.07) is 11.2. The van der Waals surface area contributed by atoms with Crippen molar-refractivity contribution < 1.29 is 14.3 Å². The van der Waals surface area contributed by atoms with Gasteiger partial charge in [-0.05, 0) is 75.2 Å². The summed E-state index contributed by atoms with van der Waals surface area (Å²) in [6.45, 7) is 8.74. The van der Waals surface area contributed by atoms with Crippen molar-refractivity contribution in [2.75, 3.05) is 13.7 Å². The minimum atomic E-state index is -1.12. The molecule has 0 aliphatic carbocycles. The van der Waals surface area contributed by atoms with E-state index < -0.39 is 5.60 Å². The number of methoxy groups -OCH3 is 1. The molecule has 0 saturated carbocycles. The van der Waals surface area contributed by atoms with Gasteiger partial charge in [0.05, 0.1) is 16.8 Å². The normalized spacial score (nSPS) is 12.6. The van der Waals surface area contributed by atoms with Crippen molar-refractivity contribution in [1.82, 2.24) is 4.57 Å². The van der Waals surface area contributed by atoms with Crippen molar-refractivity contribution >= 4 is 39.1 Å². The number of aromatic nitrogens is 1.